The zero-order valence-corrected chi connectivity index (χ0v) is 13.6. The fraction of sp³-hybridized carbons (Fsp3) is 0.250. The molecule has 0 aromatic heterocycles. The first-order valence-corrected chi connectivity index (χ1v) is 7.35. The maximum absolute atomic E-state index is 5.95. The van der Waals surface area contributed by atoms with Gasteiger partial charge in [-0.2, -0.15) is 0 Å². The molecule has 2 aromatic rings. The van der Waals surface area contributed by atoms with Gasteiger partial charge >= 0.3 is 0 Å². The molecule has 0 radical (unpaired) electrons. The molecule has 0 aliphatic heterocycles. The number of halogens is 1. The van der Waals surface area contributed by atoms with Crippen molar-refractivity contribution in [3.63, 3.8) is 0 Å². The number of anilines is 1. The minimum Gasteiger partial charge on any atom is -0.493 e. The molecule has 0 saturated carbocycles. The number of nitrogens with two attached hydrogens (primary N) is 1. The van der Waals surface area contributed by atoms with E-state index in [9.17, 15) is 0 Å². The first-order chi connectivity index (χ1) is 10.1. The van der Waals surface area contributed by atoms with Gasteiger partial charge in [0.2, 0.25) is 0 Å². The average Bonchev–Trinajstić information content (AvgIpc) is 2.45. The minimum absolute atomic E-state index is 0.407. The molecule has 0 aliphatic rings. The van der Waals surface area contributed by atoms with Crippen molar-refractivity contribution in [2.24, 2.45) is 0 Å². The van der Waals surface area contributed by atoms with Crippen LogP contribution in [0.2, 0.25) is 0 Å². The number of aryl methyl sites for hydroxylation is 1. The van der Waals surface area contributed by atoms with Crippen molar-refractivity contribution in [1.29, 1.82) is 0 Å². The Labute approximate surface area is 132 Å². The molecule has 0 atom stereocenters. The van der Waals surface area contributed by atoms with Gasteiger partial charge in [-0.3, -0.25) is 0 Å². The molecule has 0 bridgehead atoms. The van der Waals surface area contributed by atoms with E-state index in [-0.39, 0.29) is 0 Å². The summed E-state index contributed by atoms with van der Waals surface area (Å²) in [6.07, 6.45) is 0. The van der Waals surface area contributed by atoms with Gasteiger partial charge in [-0.15, -0.1) is 0 Å². The van der Waals surface area contributed by atoms with Gasteiger partial charge in [0.25, 0.3) is 0 Å². The summed E-state index contributed by atoms with van der Waals surface area (Å²) >= 11 is 3.40. The Balaban J connectivity index is 1.91. The van der Waals surface area contributed by atoms with Crippen molar-refractivity contribution in [3.8, 4) is 17.2 Å². The van der Waals surface area contributed by atoms with Crippen LogP contribution in [-0.4, -0.2) is 20.3 Å². The summed E-state index contributed by atoms with van der Waals surface area (Å²) < 4.78 is 17.5. The van der Waals surface area contributed by atoms with Gasteiger partial charge in [-0.1, -0.05) is 28.1 Å². The zero-order valence-electron chi connectivity index (χ0n) is 12.1. The van der Waals surface area contributed by atoms with E-state index in [2.05, 4.69) is 15.9 Å². The van der Waals surface area contributed by atoms with Crippen LogP contribution >= 0.6 is 15.9 Å². The Hall–Kier alpha value is -1.88. The van der Waals surface area contributed by atoms with Gasteiger partial charge in [0.1, 0.15) is 19.0 Å². The summed E-state index contributed by atoms with van der Waals surface area (Å²) in [5.74, 6) is 2.10. The molecule has 5 heteroatoms. The van der Waals surface area contributed by atoms with Crippen molar-refractivity contribution in [3.05, 3.63) is 46.4 Å². The second-order valence-electron chi connectivity index (χ2n) is 4.49. The molecule has 2 rings (SSSR count). The Morgan fingerprint density at radius 2 is 1.71 bits per heavy atom. The molecule has 21 heavy (non-hydrogen) atoms. The van der Waals surface area contributed by atoms with Crippen LogP contribution in [0.5, 0.6) is 17.2 Å². The van der Waals surface area contributed by atoms with E-state index in [0.29, 0.717) is 36.1 Å². The fourth-order valence-corrected chi connectivity index (χ4v) is 2.58. The third kappa shape index (κ3) is 4.04. The van der Waals surface area contributed by atoms with E-state index in [1.807, 2.05) is 43.3 Å². The van der Waals surface area contributed by atoms with Crippen molar-refractivity contribution in [2.45, 2.75) is 6.92 Å². The standard InChI is InChI=1S/C16H18BrNO3/c1-11-9-12(17)10-13(18)16(11)21-8-7-20-15-6-4-3-5-14(15)19-2/h3-6,9-10H,7-8,18H2,1-2H3. The Morgan fingerprint density at radius 3 is 2.38 bits per heavy atom. The number of rotatable bonds is 6. The third-order valence-corrected chi connectivity index (χ3v) is 3.38. The Bertz CT molecular complexity index is 593. The molecule has 0 fully saturated rings. The van der Waals surface area contributed by atoms with Crippen molar-refractivity contribution < 1.29 is 14.2 Å². The van der Waals surface area contributed by atoms with Gasteiger partial charge < -0.3 is 19.9 Å². The van der Waals surface area contributed by atoms with E-state index < -0.39 is 0 Å². The highest BCUT2D eigenvalue weighted by Gasteiger charge is 2.07. The molecule has 0 heterocycles. The van der Waals surface area contributed by atoms with Crippen LogP contribution in [0, 0.1) is 6.92 Å². The molecule has 4 nitrogen and oxygen atoms in total. The summed E-state index contributed by atoms with van der Waals surface area (Å²) in [6, 6.07) is 11.3. The number of para-hydroxylation sites is 2. The van der Waals surface area contributed by atoms with Gasteiger partial charge in [0.15, 0.2) is 11.5 Å². The predicted molar refractivity (Wildman–Crippen MR) is 87.3 cm³/mol. The van der Waals surface area contributed by atoms with Gasteiger partial charge in [0.05, 0.1) is 12.8 Å². The lowest BCUT2D eigenvalue weighted by molar-refractivity contribution is 0.211. The molecule has 0 aliphatic carbocycles. The largest absolute Gasteiger partial charge is 0.493 e. The van der Waals surface area contributed by atoms with Crippen molar-refractivity contribution >= 4 is 21.6 Å². The van der Waals surface area contributed by atoms with E-state index in [1.165, 1.54) is 0 Å². The Kier molecular flexibility index (Phi) is 5.33. The number of hydrogen-bond acceptors (Lipinski definition) is 4. The summed E-state index contributed by atoms with van der Waals surface area (Å²) in [5, 5.41) is 0. The average molecular weight is 352 g/mol. The minimum atomic E-state index is 0.407. The quantitative estimate of drug-likeness (QED) is 0.635. The molecule has 2 aromatic carbocycles. The molecule has 2 N–H and O–H groups in total. The first-order valence-electron chi connectivity index (χ1n) is 6.56. The van der Waals surface area contributed by atoms with Crippen LogP contribution in [0.15, 0.2) is 40.9 Å². The SMILES string of the molecule is COc1ccccc1OCCOc1c(C)cc(Br)cc1N. The maximum Gasteiger partial charge on any atom is 0.161 e. The molecular formula is C16H18BrNO3. The van der Waals surface area contributed by atoms with E-state index >= 15 is 0 Å². The van der Waals surface area contributed by atoms with Crippen LogP contribution in [0.1, 0.15) is 5.56 Å². The summed E-state index contributed by atoms with van der Waals surface area (Å²) in [4.78, 5) is 0. The molecular weight excluding hydrogens is 334 g/mol. The highest BCUT2D eigenvalue weighted by Crippen LogP contribution is 2.30. The van der Waals surface area contributed by atoms with Crippen LogP contribution in [0.25, 0.3) is 0 Å². The smallest absolute Gasteiger partial charge is 0.161 e. The number of nitrogen functional groups attached to an aromatic ring is 1. The lowest BCUT2D eigenvalue weighted by Gasteiger charge is -2.14. The molecule has 0 amide bonds. The molecule has 112 valence electrons. The predicted octanol–water partition coefficient (Wildman–Crippen LogP) is 3.81. The van der Waals surface area contributed by atoms with Gasteiger partial charge in [-0.05, 0) is 36.8 Å². The monoisotopic (exact) mass is 351 g/mol. The zero-order chi connectivity index (χ0) is 15.2. The molecule has 0 spiro atoms. The van der Waals surface area contributed by atoms with Crippen molar-refractivity contribution in [1.82, 2.24) is 0 Å². The van der Waals surface area contributed by atoms with Crippen LogP contribution in [0.3, 0.4) is 0 Å². The number of benzene rings is 2. The first kappa shape index (κ1) is 15.5. The lowest BCUT2D eigenvalue weighted by Crippen LogP contribution is -2.11. The van der Waals surface area contributed by atoms with Crippen molar-refractivity contribution in [2.75, 3.05) is 26.1 Å². The number of hydrogen-bond donors (Lipinski definition) is 1. The van der Waals surface area contributed by atoms with Crippen LogP contribution in [0.4, 0.5) is 5.69 Å². The van der Waals surface area contributed by atoms with Gasteiger partial charge in [-0.25, -0.2) is 0 Å². The number of ether oxygens (including phenoxy) is 3. The second-order valence-corrected chi connectivity index (χ2v) is 5.40. The third-order valence-electron chi connectivity index (χ3n) is 2.92. The van der Waals surface area contributed by atoms with Crippen LogP contribution < -0.4 is 19.9 Å². The summed E-state index contributed by atoms with van der Waals surface area (Å²) in [5.41, 5.74) is 7.54. The summed E-state index contributed by atoms with van der Waals surface area (Å²) in [7, 11) is 1.62. The number of methoxy groups -OCH3 is 1. The normalized spacial score (nSPS) is 10.2. The highest BCUT2D eigenvalue weighted by atomic mass is 79.9. The van der Waals surface area contributed by atoms with E-state index in [1.54, 1.807) is 7.11 Å². The van der Waals surface area contributed by atoms with Gasteiger partial charge in [0, 0.05) is 4.47 Å². The van der Waals surface area contributed by atoms with Crippen LogP contribution in [-0.2, 0) is 0 Å². The Morgan fingerprint density at radius 1 is 1.05 bits per heavy atom. The second kappa shape index (κ2) is 7.22. The molecule has 0 saturated heterocycles. The lowest BCUT2D eigenvalue weighted by atomic mass is 10.2. The van der Waals surface area contributed by atoms with E-state index in [4.69, 9.17) is 19.9 Å². The fourth-order valence-electron chi connectivity index (χ4n) is 1.99. The highest BCUT2D eigenvalue weighted by molar-refractivity contribution is 9.10. The molecule has 0 unspecified atom stereocenters. The topological polar surface area (TPSA) is 53.7 Å². The maximum atomic E-state index is 5.95. The van der Waals surface area contributed by atoms with E-state index in [0.717, 1.165) is 10.0 Å². The summed E-state index contributed by atoms with van der Waals surface area (Å²) in [6.45, 7) is 2.78.